The lowest BCUT2D eigenvalue weighted by atomic mass is 9.64. The first-order valence-electron chi connectivity index (χ1n) is 6.86. The first-order chi connectivity index (χ1) is 9.54. The quantitative estimate of drug-likeness (QED) is 0.924. The molecule has 1 atom stereocenters. The molecule has 1 aromatic carbocycles. The van der Waals surface area contributed by atoms with Gasteiger partial charge < -0.3 is 14.6 Å². The van der Waals surface area contributed by atoms with Crippen molar-refractivity contribution in [2.75, 3.05) is 13.2 Å². The first-order valence-corrected chi connectivity index (χ1v) is 6.86. The number of rotatable bonds is 3. The largest absolute Gasteiger partial charge is 0.486 e. The maximum absolute atomic E-state index is 13.7. The van der Waals surface area contributed by atoms with Gasteiger partial charge in [0.1, 0.15) is 19.4 Å². The summed E-state index contributed by atoms with van der Waals surface area (Å²) >= 11 is 0. The van der Waals surface area contributed by atoms with E-state index in [2.05, 4.69) is 0 Å². The predicted molar refractivity (Wildman–Crippen MR) is 70.1 cm³/mol. The number of carbonyl (C=O) groups is 1. The number of halogens is 1. The normalized spacial score (nSPS) is 20.9. The van der Waals surface area contributed by atoms with Crippen molar-refractivity contribution in [1.82, 2.24) is 0 Å². The maximum Gasteiger partial charge on any atom is 0.314 e. The zero-order valence-electron chi connectivity index (χ0n) is 11.3. The molecule has 1 aliphatic heterocycles. The van der Waals surface area contributed by atoms with Gasteiger partial charge in [0.15, 0.2) is 11.5 Å². The number of alkyl halides is 1. The topological polar surface area (TPSA) is 55.8 Å². The molecule has 0 amide bonds. The number of benzene rings is 1. The molecule has 1 saturated carbocycles. The standard InChI is InChI=1S/C15H17FO4/c1-9(16)10-7-11(15(14(17)18)3-2-4-15)13-12(8-10)19-5-6-20-13/h7-9H,2-6H2,1H3,(H,17,18). The van der Waals surface area contributed by atoms with Crippen LogP contribution in [0, 0.1) is 0 Å². The minimum absolute atomic E-state index is 0.389. The van der Waals surface area contributed by atoms with E-state index in [1.165, 1.54) is 6.92 Å². The zero-order valence-corrected chi connectivity index (χ0v) is 11.3. The van der Waals surface area contributed by atoms with Gasteiger partial charge in [-0.05, 0) is 37.5 Å². The lowest BCUT2D eigenvalue weighted by Crippen LogP contribution is -2.43. The summed E-state index contributed by atoms with van der Waals surface area (Å²) in [5, 5.41) is 9.58. The van der Waals surface area contributed by atoms with Crippen LogP contribution < -0.4 is 9.47 Å². The Kier molecular flexibility index (Phi) is 3.07. The fraction of sp³-hybridized carbons (Fsp3) is 0.533. The molecule has 3 rings (SSSR count). The second-order valence-electron chi connectivity index (χ2n) is 5.45. The van der Waals surface area contributed by atoms with Crippen LogP contribution in [0.15, 0.2) is 12.1 Å². The average Bonchev–Trinajstić information content (AvgIpc) is 2.36. The molecule has 1 aromatic rings. The molecule has 5 heteroatoms. The molecule has 1 unspecified atom stereocenters. The Morgan fingerprint density at radius 1 is 1.35 bits per heavy atom. The summed E-state index contributed by atoms with van der Waals surface area (Å²) in [5.41, 5.74) is 0.0556. The summed E-state index contributed by atoms with van der Waals surface area (Å²) < 4.78 is 24.8. The molecule has 1 N–H and O–H groups in total. The smallest absolute Gasteiger partial charge is 0.314 e. The van der Waals surface area contributed by atoms with E-state index < -0.39 is 17.6 Å². The maximum atomic E-state index is 13.7. The SMILES string of the molecule is CC(F)c1cc2c(c(C3(C(=O)O)CCC3)c1)OCCO2. The average molecular weight is 280 g/mol. The van der Waals surface area contributed by atoms with E-state index in [4.69, 9.17) is 9.47 Å². The highest BCUT2D eigenvalue weighted by Gasteiger charge is 2.49. The van der Waals surface area contributed by atoms with Crippen molar-refractivity contribution in [3.05, 3.63) is 23.3 Å². The monoisotopic (exact) mass is 280 g/mol. The van der Waals surface area contributed by atoms with Crippen LogP contribution in [0.2, 0.25) is 0 Å². The Morgan fingerprint density at radius 3 is 2.60 bits per heavy atom. The third-order valence-electron chi connectivity index (χ3n) is 4.26. The van der Waals surface area contributed by atoms with Gasteiger partial charge in [-0.3, -0.25) is 4.79 Å². The summed E-state index contributed by atoms with van der Waals surface area (Å²) in [6, 6.07) is 3.24. The van der Waals surface area contributed by atoms with Gasteiger partial charge in [-0.15, -0.1) is 0 Å². The second-order valence-corrected chi connectivity index (χ2v) is 5.45. The molecule has 2 aliphatic rings. The van der Waals surface area contributed by atoms with Gasteiger partial charge in [-0.2, -0.15) is 0 Å². The predicted octanol–water partition coefficient (Wildman–Crippen LogP) is 2.99. The van der Waals surface area contributed by atoms with Crippen molar-refractivity contribution in [3.8, 4) is 11.5 Å². The minimum Gasteiger partial charge on any atom is -0.486 e. The fourth-order valence-corrected chi connectivity index (χ4v) is 2.89. The third-order valence-corrected chi connectivity index (χ3v) is 4.26. The number of fused-ring (bicyclic) bond motifs is 1. The number of aliphatic carboxylic acids is 1. The first kappa shape index (κ1) is 13.2. The van der Waals surface area contributed by atoms with E-state index in [-0.39, 0.29) is 0 Å². The molecule has 0 bridgehead atoms. The van der Waals surface area contributed by atoms with Crippen molar-refractivity contribution in [1.29, 1.82) is 0 Å². The van der Waals surface area contributed by atoms with Crippen molar-refractivity contribution in [2.45, 2.75) is 37.8 Å². The van der Waals surface area contributed by atoms with Gasteiger partial charge in [0, 0.05) is 5.56 Å². The highest BCUT2D eigenvalue weighted by atomic mass is 19.1. The Balaban J connectivity index is 2.17. The van der Waals surface area contributed by atoms with E-state index in [0.29, 0.717) is 48.7 Å². The Morgan fingerprint density at radius 2 is 2.05 bits per heavy atom. The Hall–Kier alpha value is -1.78. The van der Waals surface area contributed by atoms with Gasteiger partial charge in [-0.25, -0.2) is 4.39 Å². The van der Waals surface area contributed by atoms with E-state index >= 15 is 0 Å². The summed E-state index contributed by atoms with van der Waals surface area (Å²) in [6.07, 6.45) is 0.803. The van der Waals surface area contributed by atoms with Gasteiger partial charge in [0.2, 0.25) is 0 Å². The van der Waals surface area contributed by atoms with Crippen molar-refractivity contribution in [3.63, 3.8) is 0 Å². The molecule has 0 spiro atoms. The van der Waals surface area contributed by atoms with Gasteiger partial charge in [-0.1, -0.05) is 6.42 Å². The van der Waals surface area contributed by atoms with Crippen LogP contribution in [-0.4, -0.2) is 24.3 Å². The molecule has 0 radical (unpaired) electrons. The number of carboxylic acids is 1. The van der Waals surface area contributed by atoms with Crippen LogP contribution in [0.4, 0.5) is 4.39 Å². The highest BCUT2D eigenvalue weighted by Crippen LogP contribution is 2.51. The number of ether oxygens (including phenoxy) is 2. The van der Waals surface area contributed by atoms with Crippen molar-refractivity contribution >= 4 is 5.97 Å². The summed E-state index contributed by atoms with van der Waals surface area (Å²) in [6.45, 7) is 2.22. The molecule has 4 nitrogen and oxygen atoms in total. The lowest BCUT2D eigenvalue weighted by Gasteiger charge is -2.40. The van der Waals surface area contributed by atoms with Crippen LogP contribution in [0.3, 0.4) is 0 Å². The second kappa shape index (κ2) is 4.65. The van der Waals surface area contributed by atoms with Crippen LogP contribution >= 0.6 is 0 Å². The molecule has 20 heavy (non-hydrogen) atoms. The van der Waals surface area contributed by atoms with Crippen LogP contribution in [-0.2, 0) is 10.2 Å². The van der Waals surface area contributed by atoms with E-state index in [1.54, 1.807) is 12.1 Å². The summed E-state index contributed by atoms with van der Waals surface area (Å²) in [7, 11) is 0. The number of hydrogen-bond acceptors (Lipinski definition) is 3. The Bertz CT molecular complexity index is 549. The lowest BCUT2D eigenvalue weighted by molar-refractivity contribution is -0.147. The van der Waals surface area contributed by atoms with Crippen LogP contribution in [0.1, 0.15) is 43.5 Å². The summed E-state index contributed by atoms with van der Waals surface area (Å²) in [5.74, 6) is 0.0623. The van der Waals surface area contributed by atoms with Gasteiger partial charge in [0.25, 0.3) is 0 Å². The number of carboxylic acid groups (broad SMARTS) is 1. The summed E-state index contributed by atoms with van der Waals surface area (Å²) in [4.78, 5) is 11.7. The molecular weight excluding hydrogens is 263 g/mol. The molecule has 1 heterocycles. The third kappa shape index (κ3) is 1.84. The van der Waals surface area contributed by atoms with E-state index in [9.17, 15) is 14.3 Å². The van der Waals surface area contributed by atoms with Crippen molar-refractivity contribution in [2.24, 2.45) is 0 Å². The van der Waals surface area contributed by atoms with Crippen LogP contribution in [0.5, 0.6) is 11.5 Å². The van der Waals surface area contributed by atoms with E-state index in [0.717, 1.165) is 6.42 Å². The Labute approximate surface area is 116 Å². The molecule has 108 valence electrons. The fourth-order valence-electron chi connectivity index (χ4n) is 2.89. The molecule has 1 fully saturated rings. The highest BCUT2D eigenvalue weighted by molar-refractivity contribution is 5.84. The van der Waals surface area contributed by atoms with Crippen LogP contribution in [0.25, 0.3) is 0 Å². The molecule has 0 saturated heterocycles. The van der Waals surface area contributed by atoms with Gasteiger partial charge >= 0.3 is 5.97 Å². The molecule has 1 aliphatic carbocycles. The van der Waals surface area contributed by atoms with Gasteiger partial charge in [0.05, 0.1) is 5.41 Å². The molecular formula is C15H17FO4. The number of hydrogen-bond donors (Lipinski definition) is 1. The van der Waals surface area contributed by atoms with E-state index in [1.807, 2.05) is 0 Å². The molecule has 0 aromatic heterocycles. The zero-order chi connectivity index (χ0) is 14.3. The van der Waals surface area contributed by atoms with Crippen molar-refractivity contribution < 1.29 is 23.8 Å². The minimum atomic E-state index is -1.17.